The van der Waals surface area contributed by atoms with Crippen molar-refractivity contribution in [3.05, 3.63) is 72.2 Å². The second-order valence-corrected chi connectivity index (χ2v) is 8.33. The molecular formula is C25H29FN6O2. The number of rotatable bonds is 9. The highest BCUT2D eigenvalue weighted by Crippen LogP contribution is 2.24. The lowest BCUT2D eigenvalue weighted by Gasteiger charge is -2.32. The SMILES string of the molecule is CN1CCN(CCOc2ccc(-c3ccc(CC(=O)NCc4ccncn4)cc3)c(F)n2)CC1. The highest BCUT2D eigenvalue weighted by molar-refractivity contribution is 5.78. The van der Waals surface area contributed by atoms with Crippen molar-refractivity contribution < 1.29 is 13.9 Å². The average Bonchev–Trinajstić information content (AvgIpc) is 2.85. The van der Waals surface area contributed by atoms with Crippen LogP contribution >= 0.6 is 0 Å². The number of aromatic nitrogens is 3. The number of hydrogen-bond acceptors (Lipinski definition) is 7. The summed E-state index contributed by atoms with van der Waals surface area (Å²) in [7, 11) is 2.12. The van der Waals surface area contributed by atoms with Gasteiger partial charge in [0.25, 0.3) is 0 Å². The fraction of sp³-hybridized carbons (Fsp3) is 0.360. The second kappa shape index (κ2) is 11.6. The maximum Gasteiger partial charge on any atom is 0.224 e. The Labute approximate surface area is 198 Å². The predicted octanol–water partition coefficient (Wildman–Crippen LogP) is 2.16. The first kappa shape index (κ1) is 23.7. The standard InChI is InChI=1S/C25H29FN6O2/c1-31-10-12-32(13-11-31)14-15-34-24-7-6-22(25(26)30-24)20-4-2-19(3-5-20)16-23(33)28-17-21-8-9-27-18-29-21/h2-9,18H,10-17H2,1H3,(H,28,33). The van der Waals surface area contributed by atoms with Crippen molar-refractivity contribution >= 4 is 5.91 Å². The van der Waals surface area contributed by atoms with Crippen molar-refractivity contribution in [3.63, 3.8) is 0 Å². The van der Waals surface area contributed by atoms with Crippen molar-refractivity contribution in [3.8, 4) is 17.0 Å². The molecule has 3 aromatic rings. The van der Waals surface area contributed by atoms with E-state index < -0.39 is 5.95 Å². The third kappa shape index (κ3) is 6.79. The molecule has 178 valence electrons. The van der Waals surface area contributed by atoms with Gasteiger partial charge in [0.2, 0.25) is 17.7 Å². The monoisotopic (exact) mass is 464 g/mol. The van der Waals surface area contributed by atoms with E-state index in [1.807, 2.05) is 12.1 Å². The number of hydrogen-bond donors (Lipinski definition) is 1. The van der Waals surface area contributed by atoms with E-state index in [-0.39, 0.29) is 18.2 Å². The number of nitrogens with zero attached hydrogens (tertiary/aromatic N) is 5. The van der Waals surface area contributed by atoms with Gasteiger partial charge < -0.3 is 15.0 Å². The Morgan fingerprint density at radius 2 is 1.88 bits per heavy atom. The highest BCUT2D eigenvalue weighted by Gasteiger charge is 2.14. The van der Waals surface area contributed by atoms with Crippen LogP contribution in [0.3, 0.4) is 0 Å². The fourth-order valence-corrected chi connectivity index (χ4v) is 3.73. The molecule has 0 radical (unpaired) electrons. The second-order valence-electron chi connectivity index (χ2n) is 8.33. The van der Waals surface area contributed by atoms with Crippen LogP contribution in [-0.4, -0.2) is 77.0 Å². The number of halogens is 1. The highest BCUT2D eigenvalue weighted by atomic mass is 19.1. The van der Waals surface area contributed by atoms with Crippen LogP contribution in [0.15, 0.2) is 55.0 Å². The smallest absolute Gasteiger partial charge is 0.224 e. The topological polar surface area (TPSA) is 83.5 Å². The van der Waals surface area contributed by atoms with Crippen molar-refractivity contribution in [1.29, 1.82) is 0 Å². The van der Waals surface area contributed by atoms with Gasteiger partial charge >= 0.3 is 0 Å². The van der Waals surface area contributed by atoms with Crippen molar-refractivity contribution in [1.82, 2.24) is 30.1 Å². The molecular weight excluding hydrogens is 435 g/mol. The first-order valence-electron chi connectivity index (χ1n) is 11.4. The minimum Gasteiger partial charge on any atom is -0.476 e. The van der Waals surface area contributed by atoms with E-state index in [4.69, 9.17) is 4.74 Å². The van der Waals surface area contributed by atoms with Gasteiger partial charge in [0.1, 0.15) is 12.9 Å². The molecule has 0 spiro atoms. The number of pyridine rings is 1. The lowest BCUT2D eigenvalue weighted by atomic mass is 10.0. The van der Waals surface area contributed by atoms with Gasteiger partial charge in [0, 0.05) is 50.6 Å². The zero-order valence-corrected chi connectivity index (χ0v) is 19.3. The number of piperazine rings is 1. The van der Waals surface area contributed by atoms with Gasteiger partial charge in [0.15, 0.2) is 0 Å². The molecule has 8 nitrogen and oxygen atoms in total. The Kier molecular flexibility index (Phi) is 8.11. The van der Waals surface area contributed by atoms with Crippen LogP contribution in [0.2, 0.25) is 0 Å². The van der Waals surface area contributed by atoms with Gasteiger partial charge in [-0.15, -0.1) is 0 Å². The number of carbonyl (C=O) groups excluding carboxylic acids is 1. The minimum atomic E-state index is -0.576. The summed E-state index contributed by atoms with van der Waals surface area (Å²) in [6.45, 7) is 5.75. The Morgan fingerprint density at radius 1 is 1.09 bits per heavy atom. The molecule has 1 fully saturated rings. The molecule has 1 saturated heterocycles. The van der Waals surface area contributed by atoms with Crippen molar-refractivity contribution in [2.24, 2.45) is 0 Å². The first-order valence-corrected chi connectivity index (χ1v) is 11.4. The summed E-state index contributed by atoms with van der Waals surface area (Å²) in [6.07, 6.45) is 3.31. The van der Waals surface area contributed by atoms with Gasteiger partial charge in [-0.05, 0) is 30.3 Å². The lowest BCUT2D eigenvalue weighted by molar-refractivity contribution is -0.120. The minimum absolute atomic E-state index is 0.114. The molecule has 0 atom stereocenters. The normalized spacial score (nSPS) is 14.6. The van der Waals surface area contributed by atoms with Gasteiger partial charge in [-0.2, -0.15) is 9.37 Å². The molecule has 3 heterocycles. The van der Waals surface area contributed by atoms with Crippen molar-refractivity contribution in [2.75, 3.05) is 46.4 Å². The zero-order chi connectivity index (χ0) is 23.8. The molecule has 4 rings (SSSR count). The quantitative estimate of drug-likeness (QED) is 0.486. The lowest BCUT2D eigenvalue weighted by Crippen LogP contribution is -2.45. The van der Waals surface area contributed by atoms with Crippen LogP contribution in [0.1, 0.15) is 11.3 Å². The van der Waals surface area contributed by atoms with Crippen LogP contribution in [0, 0.1) is 5.95 Å². The number of benzene rings is 1. The van der Waals surface area contributed by atoms with E-state index in [2.05, 4.69) is 37.1 Å². The van der Waals surface area contributed by atoms with Crippen LogP contribution in [0.25, 0.3) is 11.1 Å². The maximum atomic E-state index is 14.7. The van der Waals surface area contributed by atoms with E-state index in [0.717, 1.165) is 44.0 Å². The summed E-state index contributed by atoms with van der Waals surface area (Å²) in [5.74, 6) is -0.405. The van der Waals surface area contributed by atoms with E-state index in [9.17, 15) is 9.18 Å². The van der Waals surface area contributed by atoms with E-state index in [1.54, 1.807) is 36.5 Å². The average molecular weight is 465 g/mol. The van der Waals surface area contributed by atoms with E-state index >= 15 is 0 Å². The Morgan fingerprint density at radius 3 is 2.59 bits per heavy atom. The molecule has 1 N–H and O–H groups in total. The molecule has 1 aliphatic rings. The van der Waals surface area contributed by atoms with Gasteiger partial charge in [-0.3, -0.25) is 9.69 Å². The number of likely N-dealkylation sites (N-methyl/N-ethyl adjacent to an activating group) is 1. The van der Waals surface area contributed by atoms with Gasteiger partial charge in [-0.1, -0.05) is 24.3 Å². The predicted molar refractivity (Wildman–Crippen MR) is 127 cm³/mol. The molecule has 0 bridgehead atoms. The van der Waals surface area contributed by atoms with E-state index in [0.29, 0.717) is 24.3 Å². The van der Waals surface area contributed by atoms with Gasteiger partial charge in [0.05, 0.1) is 18.7 Å². The van der Waals surface area contributed by atoms with Gasteiger partial charge in [-0.25, -0.2) is 9.97 Å². The van der Waals surface area contributed by atoms with Crippen LogP contribution in [0.4, 0.5) is 4.39 Å². The van der Waals surface area contributed by atoms with E-state index in [1.165, 1.54) is 6.33 Å². The number of carbonyl (C=O) groups is 1. The Hall–Kier alpha value is -3.43. The molecule has 1 amide bonds. The molecule has 34 heavy (non-hydrogen) atoms. The summed E-state index contributed by atoms with van der Waals surface area (Å²) in [6, 6.07) is 12.3. The maximum absolute atomic E-state index is 14.7. The number of nitrogens with one attached hydrogen (secondary N) is 1. The third-order valence-electron chi connectivity index (χ3n) is 5.82. The molecule has 9 heteroatoms. The summed E-state index contributed by atoms with van der Waals surface area (Å²) >= 11 is 0. The fourth-order valence-electron chi connectivity index (χ4n) is 3.73. The molecule has 2 aromatic heterocycles. The summed E-state index contributed by atoms with van der Waals surface area (Å²) in [5, 5.41) is 2.83. The Bertz CT molecular complexity index is 1070. The largest absolute Gasteiger partial charge is 0.476 e. The van der Waals surface area contributed by atoms with Crippen LogP contribution < -0.4 is 10.1 Å². The molecule has 1 aromatic carbocycles. The first-order chi connectivity index (χ1) is 16.6. The molecule has 0 aliphatic carbocycles. The number of amides is 1. The summed E-state index contributed by atoms with van der Waals surface area (Å²) in [5.41, 5.74) is 2.67. The summed E-state index contributed by atoms with van der Waals surface area (Å²) < 4.78 is 20.3. The molecule has 1 aliphatic heterocycles. The van der Waals surface area contributed by atoms with Crippen LogP contribution in [0.5, 0.6) is 5.88 Å². The molecule has 0 unspecified atom stereocenters. The number of ether oxygens (including phenoxy) is 1. The zero-order valence-electron chi connectivity index (χ0n) is 19.3. The Balaban J connectivity index is 1.26. The van der Waals surface area contributed by atoms with Crippen LogP contribution in [-0.2, 0) is 17.8 Å². The molecule has 0 saturated carbocycles. The van der Waals surface area contributed by atoms with Crippen molar-refractivity contribution in [2.45, 2.75) is 13.0 Å². The summed E-state index contributed by atoms with van der Waals surface area (Å²) in [4.78, 5) is 28.7. The third-order valence-corrected chi connectivity index (χ3v) is 5.82.